The minimum atomic E-state index is -0.177. The second-order valence-corrected chi connectivity index (χ2v) is 4.94. The van der Waals surface area contributed by atoms with E-state index in [0.29, 0.717) is 0 Å². The third-order valence-corrected chi connectivity index (χ3v) is 3.33. The lowest BCUT2D eigenvalue weighted by atomic mass is 9.91. The maximum absolute atomic E-state index is 13.2. The average molecular weight is 258 g/mol. The molecule has 76 valence electrons. The number of hydrogen-bond acceptors (Lipinski definition) is 1. The van der Waals surface area contributed by atoms with Crippen molar-refractivity contribution in [3.8, 4) is 0 Å². The normalized spacial score (nSPS) is 26.8. The Bertz CT molecular complexity index is 325. The van der Waals surface area contributed by atoms with Crippen molar-refractivity contribution < 1.29 is 4.39 Å². The Kier molecular flexibility index (Phi) is 2.62. The summed E-state index contributed by atoms with van der Waals surface area (Å²) in [7, 11) is 0. The van der Waals surface area contributed by atoms with E-state index in [0.717, 1.165) is 29.4 Å². The van der Waals surface area contributed by atoms with Crippen molar-refractivity contribution in [3.05, 3.63) is 34.1 Å². The van der Waals surface area contributed by atoms with Gasteiger partial charge in [0, 0.05) is 10.0 Å². The molecule has 1 atom stereocenters. The van der Waals surface area contributed by atoms with Gasteiger partial charge in [-0.1, -0.05) is 15.9 Å². The van der Waals surface area contributed by atoms with Gasteiger partial charge >= 0.3 is 0 Å². The lowest BCUT2D eigenvalue weighted by Crippen LogP contribution is -2.33. The van der Waals surface area contributed by atoms with Gasteiger partial charge in [0.2, 0.25) is 0 Å². The van der Waals surface area contributed by atoms with Crippen molar-refractivity contribution in [2.45, 2.75) is 25.3 Å². The fourth-order valence-corrected chi connectivity index (χ4v) is 2.48. The molecule has 1 aliphatic heterocycles. The molecule has 0 amide bonds. The van der Waals surface area contributed by atoms with Crippen molar-refractivity contribution >= 4 is 15.9 Å². The Balaban J connectivity index is 2.40. The Morgan fingerprint density at radius 1 is 1.43 bits per heavy atom. The molecular weight excluding hydrogens is 245 g/mol. The molecule has 1 aromatic rings. The zero-order valence-electron chi connectivity index (χ0n) is 8.11. The van der Waals surface area contributed by atoms with Crippen LogP contribution >= 0.6 is 15.9 Å². The van der Waals surface area contributed by atoms with Crippen LogP contribution in [0.5, 0.6) is 0 Å². The molecule has 1 aromatic carbocycles. The van der Waals surface area contributed by atoms with E-state index in [1.807, 2.05) is 6.07 Å². The first kappa shape index (κ1) is 10.1. The van der Waals surface area contributed by atoms with Gasteiger partial charge in [-0.15, -0.1) is 0 Å². The van der Waals surface area contributed by atoms with Crippen LogP contribution in [0.3, 0.4) is 0 Å². The Labute approximate surface area is 91.8 Å². The van der Waals surface area contributed by atoms with Gasteiger partial charge in [-0.25, -0.2) is 4.39 Å². The van der Waals surface area contributed by atoms with Crippen LogP contribution in [0.25, 0.3) is 0 Å². The molecule has 0 radical (unpaired) electrons. The molecule has 1 nitrogen and oxygen atoms in total. The lowest BCUT2D eigenvalue weighted by Gasteiger charge is -2.25. The molecule has 1 unspecified atom stereocenters. The predicted molar refractivity (Wildman–Crippen MR) is 58.7 cm³/mol. The maximum Gasteiger partial charge on any atom is 0.124 e. The average Bonchev–Trinajstić information content (AvgIpc) is 2.52. The molecule has 1 fully saturated rings. The molecular formula is C11H13BrFN. The molecule has 0 aromatic heterocycles. The van der Waals surface area contributed by atoms with Crippen LogP contribution in [-0.4, -0.2) is 6.54 Å². The summed E-state index contributed by atoms with van der Waals surface area (Å²) >= 11 is 3.32. The molecule has 0 spiro atoms. The molecule has 3 heteroatoms. The number of nitrogens with one attached hydrogen (secondary N) is 1. The highest BCUT2D eigenvalue weighted by molar-refractivity contribution is 9.10. The van der Waals surface area contributed by atoms with Gasteiger partial charge in [0.05, 0.1) is 0 Å². The summed E-state index contributed by atoms with van der Waals surface area (Å²) in [6, 6.07) is 5.09. The van der Waals surface area contributed by atoms with Gasteiger partial charge in [-0.2, -0.15) is 0 Å². The van der Waals surface area contributed by atoms with Gasteiger partial charge in [-0.3, -0.25) is 0 Å². The lowest BCUT2D eigenvalue weighted by molar-refractivity contribution is 0.431. The van der Waals surface area contributed by atoms with E-state index in [-0.39, 0.29) is 11.4 Å². The summed E-state index contributed by atoms with van der Waals surface area (Å²) in [5, 5.41) is 3.42. The second-order valence-electron chi connectivity index (χ2n) is 4.02. The topological polar surface area (TPSA) is 12.0 Å². The van der Waals surface area contributed by atoms with E-state index < -0.39 is 0 Å². The van der Waals surface area contributed by atoms with E-state index in [1.165, 1.54) is 6.07 Å². The van der Waals surface area contributed by atoms with Crippen molar-refractivity contribution in [3.63, 3.8) is 0 Å². The van der Waals surface area contributed by atoms with Crippen LogP contribution in [0, 0.1) is 5.82 Å². The van der Waals surface area contributed by atoms with Gasteiger partial charge < -0.3 is 5.32 Å². The van der Waals surface area contributed by atoms with Gasteiger partial charge in [0.1, 0.15) is 5.82 Å². The molecule has 1 N–H and O–H groups in total. The third-order valence-electron chi connectivity index (χ3n) is 2.87. The summed E-state index contributed by atoms with van der Waals surface area (Å²) in [5.41, 5.74) is 0.979. The first-order valence-corrected chi connectivity index (χ1v) is 5.61. The molecule has 2 rings (SSSR count). The number of benzene rings is 1. The number of halogens is 2. The summed E-state index contributed by atoms with van der Waals surface area (Å²) < 4.78 is 14.0. The largest absolute Gasteiger partial charge is 0.308 e. The smallest absolute Gasteiger partial charge is 0.124 e. The Morgan fingerprint density at radius 3 is 2.79 bits per heavy atom. The molecule has 14 heavy (non-hydrogen) atoms. The molecule has 0 bridgehead atoms. The summed E-state index contributed by atoms with van der Waals surface area (Å²) in [6.45, 7) is 3.14. The van der Waals surface area contributed by atoms with Crippen LogP contribution in [0.4, 0.5) is 4.39 Å². The SMILES string of the molecule is CC1(c2cc(F)cc(Br)c2)CCCN1. The fraction of sp³-hybridized carbons (Fsp3) is 0.455. The third kappa shape index (κ3) is 1.84. The maximum atomic E-state index is 13.2. The second kappa shape index (κ2) is 3.63. The standard InChI is InChI=1S/C11H13BrFN/c1-11(3-2-4-14-11)8-5-9(12)7-10(13)6-8/h5-7,14H,2-4H2,1H3. The van der Waals surface area contributed by atoms with E-state index in [1.54, 1.807) is 6.07 Å². The zero-order valence-corrected chi connectivity index (χ0v) is 9.70. The highest BCUT2D eigenvalue weighted by atomic mass is 79.9. The van der Waals surface area contributed by atoms with Crippen LogP contribution in [-0.2, 0) is 5.54 Å². The van der Waals surface area contributed by atoms with Crippen LogP contribution in [0.2, 0.25) is 0 Å². The first-order valence-electron chi connectivity index (χ1n) is 4.82. The molecule has 0 aliphatic carbocycles. The predicted octanol–water partition coefficient (Wildman–Crippen LogP) is 3.19. The number of rotatable bonds is 1. The minimum Gasteiger partial charge on any atom is -0.308 e. The molecule has 0 saturated carbocycles. The van der Waals surface area contributed by atoms with E-state index in [9.17, 15) is 4.39 Å². The van der Waals surface area contributed by atoms with Crippen LogP contribution in [0.1, 0.15) is 25.3 Å². The highest BCUT2D eigenvalue weighted by Gasteiger charge is 2.30. The van der Waals surface area contributed by atoms with Crippen LogP contribution in [0.15, 0.2) is 22.7 Å². The van der Waals surface area contributed by atoms with Crippen molar-refractivity contribution in [2.75, 3.05) is 6.54 Å². The van der Waals surface area contributed by atoms with E-state index in [4.69, 9.17) is 0 Å². The van der Waals surface area contributed by atoms with Gasteiger partial charge in [-0.05, 0) is 50.1 Å². The summed E-state index contributed by atoms with van der Waals surface area (Å²) in [6.07, 6.45) is 2.23. The Morgan fingerprint density at radius 2 is 2.21 bits per heavy atom. The van der Waals surface area contributed by atoms with Gasteiger partial charge in [0.15, 0.2) is 0 Å². The molecule has 1 saturated heterocycles. The molecule has 1 aliphatic rings. The first-order chi connectivity index (χ1) is 6.60. The van der Waals surface area contributed by atoms with Crippen molar-refractivity contribution in [1.29, 1.82) is 0 Å². The van der Waals surface area contributed by atoms with E-state index in [2.05, 4.69) is 28.2 Å². The highest BCUT2D eigenvalue weighted by Crippen LogP contribution is 2.32. The quantitative estimate of drug-likeness (QED) is 0.815. The fourth-order valence-electron chi connectivity index (χ4n) is 2.01. The van der Waals surface area contributed by atoms with E-state index >= 15 is 0 Å². The minimum absolute atomic E-state index is 0.0510. The summed E-state index contributed by atoms with van der Waals surface area (Å²) in [4.78, 5) is 0. The zero-order chi connectivity index (χ0) is 10.2. The Hall–Kier alpha value is -0.410. The van der Waals surface area contributed by atoms with Crippen molar-refractivity contribution in [1.82, 2.24) is 5.32 Å². The number of hydrogen-bond donors (Lipinski definition) is 1. The van der Waals surface area contributed by atoms with Crippen LogP contribution < -0.4 is 5.32 Å². The summed E-state index contributed by atoms with van der Waals surface area (Å²) in [5.74, 6) is -0.177. The monoisotopic (exact) mass is 257 g/mol. The molecule has 1 heterocycles. The van der Waals surface area contributed by atoms with Gasteiger partial charge in [0.25, 0.3) is 0 Å². The van der Waals surface area contributed by atoms with Crippen molar-refractivity contribution in [2.24, 2.45) is 0 Å².